The second-order valence-corrected chi connectivity index (χ2v) is 5.71. The van der Waals surface area contributed by atoms with Crippen molar-refractivity contribution < 1.29 is 5.11 Å². The average Bonchev–Trinajstić information content (AvgIpc) is 2.45. The van der Waals surface area contributed by atoms with E-state index >= 15 is 0 Å². The van der Waals surface area contributed by atoms with Crippen molar-refractivity contribution in [3.05, 3.63) is 51.5 Å². The Morgan fingerprint density at radius 1 is 0.947 bits per heavy atom. The molecule has 0 aliphatic heterocycles. The van der Waals surface area contributed by atoms with Crippen molar-refractivity contribution in [3.8, 4) is 17.1 Å². The number of rotatable bonds is 1. The summed E-state index contributed by atoms with van der Waals surface area (Å²) in [7, 11) is 0. The van der Waals surface area contributed by atoms with Crippen molar-refractivity contribution >= 4 is 42.8 Å². The number of phenolic OH excluding ortho intramolecular Hbond substituents is 1. The van der Waals surface area contributed by atoms with E-state index in [1.807, 2.05) is 30.3 Å². The van der Waals surface area contributed by atoms with Crippen molar-refractivity contribution in [2.24, 2.45) is 0 Å². The maximum absolute atomic E-state index is 10.1. The highest BCUT2D eigenvalue weighted by molar-refractivity contribution is 9.11. The Bertz CT molecular complexity index is 760. The fraction of sp³-hybridized carbons (Fsp3) is 0. The fourth-order valence-corrected chi connectivity index (χ4v) is 3.13. The molecule has 0 amide bonds. The van der Waals surface area contributed by atoms with Crippen LogP contribution in [-0.2, 0) is 0 Å². The predicted molar refractivity (Wildman–Crippen MR) is 82.0 cm³/mol. The Balaban J connectivity index is 2.29. The summed E-state index contributed by atoms with van der Waals surface area (Å²) >= 11 is 6.78. The van der Waals surface area contributed by atoms with E-state index in [2.05, 4.69) is 41.8 Å². The van der Waals surface area contributed by atoms with Crippen LogP contribution in [0.3, 0.4) is 0 Å². The van der Waals surface area contributed by atoms with Gasteiger partial charge in [0, 0.05) is 16.1 Å². The number of fused-ring (bicyclic) bond motifs is 1. The second-order valence-electron chi connectivity index (χ2n) is 4.00. The molecule has 0 saturated carbocycles. The number of aromatic nitrogens is 2. The first-order chi connectivity index (χ1) is 9.16. The minimum Gasteiger partial charge on any atom is -0.505 e. The number of benzene rings is 1. The maximum atomic E-state index is 10.1. The van der Waals surface area contributed by atoms with Gasteiger partial charge in [-0.25, -0.2) is 4.98 Å². The molecule has 3 aromatic rings. The molecule has 94 valence electrons. The highest BCUT2D eigenvalue weighted by Crippen LogP contribution is 2.37. The lowest BCUT2D eigenvalue weighted by atomic mass is 10.1. The van der Waals surface area contributed by atoms with Crippen LogP contribution in [0.4, 0.5) is 0 Å². The minimum absolute atomic E-state index is 0.135. The van der Waals surface area contributed by atoms with Crippen molar-refractivity contribution in [1.29, 1.82) is 0 Å². The lowest BCUT2D eigenvalue weighted by Gasteiger charge is -2.07. The van der Waals surface area contributed by atoms with Crippen LogP contribution in [0.2, 0.25) is 0 Å². The molecular weight excluding hydrogens is 372 g/mol. The summed E-state index contributed by atoms with van der Waals surface area (Å²) < 4.78 is 1.49. The van der Waals surface area contributed by atoms with Crippen LogP contribution in [0.1, 0.15) is 0 Å². The standard InChI is InChI=1S/C14H8Br2N2O/c15-9-7-10(16)14(19)13-8(9)4-5-12(18-13)11-3-1-2-6-17-11/h1-7,19H. The Morgan fingerprint density at radius 2 is 1.79 bits per heavy atom. The second kappa shape index (κ2) is 4.90. The summed E-state index contributed by atoms with van der Waals surface area (Å²) in [6.07, 6.45) is 1.72. The van der Waals surface area contributed by atoms with E-state index in [0.29, 0.717) is 9.99 Å². The molecule has 0 aliphatic carbocycles. The Kier molecular flexibility index (Phi) is 3.24. The molecule has 0 atom stereocenters. The first-order valence-electron chi connectivity index (χ1n) is 5.56. The van der Waals surface area contributed by atoms with Gasteiger partial charge < -0.3 is 5.11 Å². The molecule has 0 unspecified atom stereocenters. The summed E-state index contributed by atoms with van der Waals surface area (Å²) in [5, 5.41) is 11.0. The average molecular weight is 380 g/mol. The molecular formula is C14H8Br2N2O. The third kappa shape index (κ3) is 2.24. The molecule has 1 aromatic carbocycles. The van der Waals surface area contributed by atoms with Gasteiger partial charge in [-0.2, -0.15) is 0 Å². The topological polar surface area (TPSA) is 46.0 Å². The van der Waals surface area contributed by atoms with E-state index in [1.54, 1.807) is 12.3 Å². The van der Waals surface area contributed by atoms with Gasteiger partial charge in [0.25, 0.3) is 0 Å². The number of phenols is 1. The number of halogens is 2. The van der Waals surface area contributed by atoms with Gasteiger partial charge in [-0.05, 0) is 46.3 Å². The van der Waals surface area contributed by atoms with E-state index in [0.717, 1.165) is 21.2 Å². The van der Waals surface area contributed by atoms with Gasteiger partial charge in [-0.15, -0.1) is 0 Å². The zero-order valence-corrected chi connectivity index (χ0v) is 12.8. The summed E-state index contributed by atoms with van der Waals surface area (Å²) in [5.74, 6) is 0.135. The smallest absolute Gasteiger partial charge is 0.156 e. The number of hydrogen-bond donors (Lipinski definition) is 1. The summed E-state index contributed by atoms with van der Waals surface area (Å²) in [5.41, 5.74) is 2.05. The van der Waals surface area contributed by atoms with Crippen molar-refractivity contribution in [1.82, 2.24) is 9.97 Å². The fourth-order valence-electron chi connectivity index (χ4n) is 1.86. The lowest BCUT2D eigenvalue weighted by molar-refractivity contribution is 0.477. The van der Waals surface area contributed by atoms with Gasteiger partial charge in [0.05, 0.1) is 15.9 Å². The Labute approximate surface area is 126 Å². The predicted octanol–water partition coefficient (Wildman–Crippen LogP) is 4.53. The van der Waals surface area contributed by atoms with Crippen molar-refractivity contribution in [3.63, 3.8) is 0 Å². The van der Waals surface area contributed by atoms with Crippen LogP contribution in [0.15, 0.2) is 51.5 Å². The Morgan fingerprint density at radius 3 is 2.53 bits per heavy atom. The van der Waals surface area contributed by atoms with E-state index < -0.39 is 0 Å². The third-order valence-electron chi connectivity index (χ3n) is 2.78. The minimum atomic E-state index is 0.135. The van der Waals surface area contributed by atoms with Crippen LogP contribution >= 0.6 is 31.9 Å². The van der Waals surface area contributed by atoms with Crippen molar-refractivity contribution in [2.75, 3.05) is 0 Å². The largest absolute Gasteiger partial charge is 0.505 e. The highest BCUT2D eigenvalue weighted by Gasteiger charge is 2.11. The summed E-state index contributed by atoms with van der Waals surface area (Å²) in [4.78, 5) is 8.76. The van der Waals surface area contributed by atoms with E-state index in [9.17, 15) is 5.11 Å². The van der Waals surface area contributed by atoms with E-state index in [-0.39, 0.29) is 5.75 Å². The molecule has 5 heteroatoms. The first kappa shape index (κ1) is 12.6. The van der Waals surface area contributed by atoms with Crippen LogP contribution in [0.5, 0.6) is 5.75 Å². The normalized spacial score (nSPS) is 10.8. The number of aromatic hydroxyl groups is 1. The molecule has 3 rings (SSSR count). The molecule has 0 radical (unpaired) electrons. The monoisotopic (exact) mass is 378 g/mol. The maximum Gasteiger partial charge on any atom is 0.156 e. The molecule has 2 heterocycles. The van der Waals surface area contributed by atoms with Gasteiger partial charge in [0.1, 0.15) is 5.52 Å². The van der Waals surface area contributed by atoms with Crippen LogP contribution in [-0.4, -0.2) is 15.1 Å². The molecule has 0 fully saturated rings. The molecule has 1 N–H and O–H groups in total. The quantitative estimate of drug-likeness (QED) is 0.675. The number of hydrogen-bond acceptors (Lipinski definition) is 3. The van der Waals surface area contributed by atoms with E-state index in [1.165, 1.54) is 0 Å². The van der Waals surface area contributed by atoms with Gasteiger partial charge in [0.2, 0.25) is 0 Å². The van der Waals surface area contributed by atoms with Gasteiger partial charge >= 0.3 is 0 Å². The number of nitrogens with zero attached hydrogens (tertiary/aromatic N) is 2. The van der Waals surface area contributed by atoms with Crippen LogP contribution < -0.4 is 0 Å². The zero-order valence-electron chi connectivity index (χ0n) is 9.64. The SMILES string of the molecule is Oc1c(Br)cc(Br)c2ccc(-c3ccccn3)nc12. The summed E-state index contributed by atoms with van der Waals surface area (Å²) in [6.45, 7) is 0. The van der Waals surface area contributed by atoms with Gasteiger partial charge in [0.15, 0.2) is 5.75 Å². The lowest BCUT2D eigenvalue weighted by Crippen LogP contribution is -1.89. The first-order valence-corrected chi connectivity index (χ1v) is 7.14. The van der Waals surface area contributed by atoms with Crippen LogP contribution in [0.25, 0.3) is 22.3 Å². The molecule has 19 heavy (non-hydrogen) atoms. The van der Waals surface area contributed by atoms with Crippen LogP contribution in [0, 0.1) is 0 Å². The number of pyridine rings is 2. The molecule has 0 saturated heterocycles. The Hall–Kier alpha value is -1.46. The molecule has 2 aromatic heterocycles. The van der Waals surface area contributed by atoms with E-state index in [4.69, 9.17) is 0 Å². The molecule has 0 aliphatic rings. The highest BCUT2D eigenvalue weighted by atomic mass is 79.9. The molecule has 0 spiro atoms. The van der Waals surface area contributed by atoms with Gasteiger partial charge in [-0.1, -0.05) is 22.0 Å². The molecule has 0 bridgehead atoms. The van der Waals surface area contributed by atoms with Crippen molar-refractivity contribution in [2.45, 2.75) is 0 Å². The third-order valence-corrected chi connectivity index (χ3v) is 4.04. The van der Waals surface area contributed by atoms with Gasteiger partial charge in [-0.3, -0.25) is 4.98 Å². The zero-order chi connectivity index (χ0) is 13.4. The summed E-state index contributed by atoms with van der Waals surface area (Å²) in [6, 6.07) is 11.3. The molecule has 3 nitrogen and oxygen atoms in total.